The summed E-state index contributed by atoms with van der Waals surface area (Å²) >= 11 is 1.57. The van der Waals surface area contributed by atoms with Gasteiger partial charge in [-0.2, -0.15) is 4.98 Å². The molecule has 0 spiro atoms. The lowest BCUT2D eigenvalue weighted by molar-refractivity contribution is -0.0389. The molecular formula is C23H27N5O2S. The third-order valence-electron chi connectivity index (χ3n) is 5.87. The molecule has 2 aromatic heterocycles. The van der Waals surface area contributed by atoms with Gasteiger partial charge in [0, 0.05) is 30.7 Å². The lowest BCUT2D eigenvalue weighted by atomic mass is 9.81. The molecule has 162 valence electrons. The van der Waals surface area contributed by atoms with Gasteiger partial charge in [0.25, 0.3) is 0 Å². The van der Waals surface area contributed by atoms with E-state index in [0.717, 1.165) is 71.9 Å². The van der Waals surface area contributed by atoms with Gasteiger partial charge in [0.05, 0.1) is 4.88 Å². The molecule has 1 aliphatic heterocycles. The van der Waals surface area contributed by atoms with Crippen molar-refractivity contribution in [3.8, 4) is 16.3 Å². The molecule has 1 saturated heterocycles. The fraction of sp³-hybridized carbons (Fsp3) is 0.435. The average Bonchev–Trinajstić information content (AvgIpc) is 3.23. The van der Waals surface area contributed by atoms with Gasteiger partial charge in [0.2, 0.25) is 11.8 Å². The Balaban J connectivity index is 1.33. The Bertz CT molecular complexity index is 1060. The highest BCUT2D eigenvalue weighted by Gasteiger charge is 2.39. The molecule has 0 bridgehead atoms. The first kappa shape index (κ1) is 20.4. The van der Waals surface area contributed by atoms with Crippen LogP contribution in [-0.4, -0.2) is 39.3 Å². The number of hydrogen-bond acceptors (Lipinski definition) is 8. The van der Waals surface area contributed by atoms with Crippen molar-refractivity contribution < 1.29 is 9.84 Å². The zero-order valence-corrected chi connectivity index (χ0v) is 18.4. The highest BCUT2D eigenvalue weighted by Crippen LogP contribution is 2.44. The number of aromatic nitrogens is 3. The fourth-order valence-electron chi connectivity index (χ4n) is 4.03. The molecule has 2 fully saturated rings. The third kappa shape index (κ3) is 4.56. The van der Waals surface area contributed by atoms with Crippen LogP contribution in [0.25, 0.3) is 10.4 Å². The number of nitrogens with one attached hydrogen (secondary N) is 2. The summed E-state index contributed by atoms with van der Waals surface area (Å²) in [5.74, 6) is 1.09. The van der Waals surface area contributed by atoms with E-state index in [0.29, 0.717) is 11.8 Å². The van der Waals surface area contributed by atoms with Gasteiger partial charge in [-0.15, -0.1) is 11.3 Å². The first-order valence-electron chi connectivity index (χ1n) is 10.9. The van der Waals surface area contributed by atoms with Crippen molar-refractivity contribution in [3.05, 3.63) is 47.2 Å². The molecular weight excluding hydrogens is 410 g/mol. The second kappa shape index (κ2) is 8.53. The Morgan fingerprint density at radius 2 is 2.13 bits per heavy atom. The maximum atomic E-state index is 10.6. The molecule has 0 radical (unpaired) electrons. The lowest BCUT2D eigenvalue weighted by Gasteiger charge is -2.34. The van der Waals surface area contributed by atoms with E-state index in [1.54, 1.807) is 23.6 Å². The number of anilines is 2. The minimum absolute atomic E-state index is 0.146. The number of nitrogens with zero attached hydrogens (tertiary/aromatic N) is 3. The topological polar surface area (TPSA) is 92.2 Å². The molecule has 3 heterocycles. The van der Waals surface area contributed by atoms with E-state index < -0.39 is 5.60 Å². The van der Waals surface area contributed by atoms with Gasteiger partial charge in [-0.25, -0.2) is 9.97 Å². The monoisotopic (exact) mass is 437 g/mol. The Hall–Kier alpha value is -2.55. The van der Waals surface area contributed by atoms with Gasteiger partial charge in [0.15, 0.2) is 0 Å². The van der Waals surface area contributed by atoms with Crippen molar-refractivity contribution in [2.45, 2.75) is 50.7 Å². The van der Waals surface area contributed by atoms with Crippen LogP contribution in [0.1, 0.15) is 42.7 Å². The van der Waals surface area contributed by atoms with E-state index in [1.807, 2.05) is 6.20 Å². The van der Waals surface area contributed by atoms with E-state index in [1.165, 1.54) is 0 Å². The van der Waals surface area contributed by atoms with Gasteiger partial charge < -0.3 is 20.5 Å². The molecule has 1 atom stereocenters. The second-order valence-corrected chi connectivity index (χ2v) is 9.46. The summed E-state index contributed by atoms with van der Waals surface area (Å²) in [6, 6.07) is 8.05. The van der Waals surface area contributed by atoms with Crippen molar-refractivity contribution in [2.24, 2.45) is 0 Å². The minimum Gasteiger partial charge on any atom is -0.473 e. The van der Waals surface area contributed by atoms with Crippen LogP contribution in [0.3, 0.4) is 0 Å². The molecule has 7 nitrogen and oxygen atoms in total. The SMILES string of the molecule is Cc1cc(Nc2nccc(OC3CCCNC3)n2)cc(-c2cnc(C3(O)CCC3)s2)c1. The summed E-state index contributed by atoms with van der Waals surface area (Å²) in [5.41, 5.74) is 2.37. The van der Waals surface area contributed by atoms with Gasteiger partial charge in [-0.05, 0) is 68.8 Å². The van der Waals surface area contributed by atoms with Crippen LogP contribution in [0.2, 0.25) is 0 Å². The number of benzene rings is 1. The fourth-order valence-corrected chi connectivity index (χ4v) is 5.08. The molecule has 1 aromatic carbocycles. The van der Waals surface area contributed by atoms with Gasteiger partial charge in [0.1, 0.15) is 16.7 Å². The Labute approximate surface area is 185 Å². The highest BCUT2D eigenvalue weighted by atomic mass is 32.1. The molecule has 1 saturated carbocycles. The Kier molecular flexibility index (Phi) is 5.60. The van der Waals surface area contributed by atoms with E-state index in [2.05, 4.69) is 50.7 Å². The second-order valence-electron chi connectivity index (χ2n) is 8.43. The van der Waals surface area contributed by atoms with Gasteiger partial charge >= 0.3 is 0 Å². The first-order valence-corrected chi connectivity index (χ1v) is 11.7. The van der Waals surface area contributed by atoms with Crippen LogP contribution in [0.5, 0.6) is 5.88 Å². The van der Waals surface area contributed by atoms with Gasteiger partial charge in [-0.1, -0.05) is 6.07 Å². The number of ether oxygens (including phenoxy) is 1. The van der Waals surface area contributed by atoms with Crippen molar-refractivity contribution in [2.75, 3.05) is 18.4 Å². The molecule has 3 aromatic rings. The summed E-state index contributed by atoms with van der Waals surface area (Å²) < 4.78 is 6.02. The number of rotatable bonds is 6. The third-order valence-corrected chi connectivity index (χ3v) is 7.11. The predicted octanol–water partition coefficient (Wildman–Crippen LogP) is 4.15. The molecule has 8 heteroatoms. The van der Waals surface area contributed by atoms with Crippen LogP contribution in [0, 0.1) is 6.92 Å². The summed E-state index contributed by atoms with van der Waals surface area (Å²) in [6.45, 7) is 3.96. The summed E-state index contributed by atoms with van der Waals surface area (Å²) in [6.07, 6.45) is 8.53. The van der Waals surface area contributed by atoms with E-state index in [9.17, 15) is 5.11 Å². The quantitative estimate of drug-likeness (QED) is 0.533. The molecule has 3 N–H and O–H groups in total. The molecule has 2 aliphatic rings. The first-order chi connectivity index (χ1) is 15.1. The van der Waals surface area contributed by atoms with E-state index in [-0.39, 0.29) is 6.10 Å². The van der Waals surface area contributed by atoms with Gasteiger partial charge in [-0.3, -0.25) is 0 Å². The number of piperidine rings is 1. The van der Waals surface area contributed by atoms with Crippen molar-refractivity contribution >= 4 is 23.0 Å². The molecule has 31 heavy (non-hydrogen) atoms. The smallest absolute Gasteiger partial charge is 0.230 e. The summed E-state index contributed by atoms with van der Waals surface area (Å²) in [5, 5.41) is 18.1. The van der Waals surface area contributed by atoms with Crippen LogP contribution < -0.4 is 15.4 Å². The molecule has 0 amide bonds. The van der Waals surface area contributed by atoms with Crippen LogP contribution in [0.4, 0.5) is 11.6 Å². The highest BCUT2D eigenvalue weighted by molar-refractivity contribution is 7.15. The average molecular weight is 438 g/mol. The zero-order chi connectivity index (χ0) is 21.3. The Morgan fingerprint density at radius 3 is 2.90 bits per heavy atom. The summed E-state index contributed by atoms with van der Waals surface area (Å²) in [4.78, 5) is 14.4. The molecule has 5 rings (SSSR count). The number of hydrogen-bond donors (Lipinski definition) is 3. The lowest BCUT2D eigenvalue weighted by Crippen LogP contribution is -2.37. The largest absolute Gasteiger partial charge is 0.473 e. The van der Waals surface area contributed by atoms with Crippen molar-refractivity contribution in [1.82, 2.24) is 20.3 Å². The number of aryl methyl sites for hydroxylation is 1. The summed E-state index contributed by atoms with van der Waals surface area (Å²) in [7, 11) is 0. The predicted molar refractivity (Wildman–Crippen MR) is 122 cm³/mol. The Morgan fingerprint density at radius 1 is 1.23 bits per heavy atom. The number of thiazole rings is 1. The molecule has 1 aliphatic carbocycles. The number of aliphatic hydroxyl groups is 1. The maximum absolute atomic E-state index is 10.6. The van der Waals surface area contributed by atoms with Crippen LogP contribution in [0.15, 0.2) is 36.7 Å². The standard InChI is InChI=1S/C23H27N5O2S/c1-15-10-16(19-14-26-21(31-19)23(29)6-3-7-23)12-17(11-15)27-22-25-9-5-20(28-22)30-18-4-2-8-24-13-18/h5,9-12,14,18,24,29H,2-4,6-8,13H2,1H3,(H,25,27,28). The van der Waals surface area contributed by atoms with Crippen molar-refractivity contribution in [1.29, 1.82) is 0 Å². The maximum Gasteiger partial charge on any atom is 0.230 e. The normalized spacial score (nSPS) is 20.1. The van der Waals surface area contributed by atoms with Crippen LogP contribution >= 0.6 is 11.3 Å². The van der Waals surface area contributed by atoms with Crippen molar-refractivity contribution in [3.63, 3.8) is 0 Å². The van der Waals surface area contributed by atoms with Crippen LogP contribution in [-0.2, 0) is 5.60 Å². The van der Waals surface area contributed by atoms with E-state index >= 15 is 0 Å². The zero-order valence-electron chi connectivity index (χ0n) is 17.6. The minimum atomic E-state index is -0.726. The molecule has 1 unspecified atom stereocenters. The van der Waals surface area contributed by atoms with E-state index in [4.69, 9.17) is 4.74 Å².